The lowest BCUT2D eigenvalue weighted by molar-refractivity contribution is 0.764. The van der Waals surface area contributed by atoms with Gasteiger partial charge in [-0.15, -0.1) is 0 Å². The van der Waals surface area contributed by atoms with E-state index < -0.39 is 16.2 Å². The Labute approximate surface area is 766 Å². The van der Waals surface area contributed by atoms with Gasteiger partial charge in [0.25, 0.3) is 0 Å². The van der Waals surface area contributed by atoms with Crippen LogP contribution in [0.25, 0.3) is 100 Å². The van der Waals surface area contributed by atoms with Crippen LogP contribution in [0, 0.1) is 125 Å². The second kappa shape index (κ2) is 33.6. The zero-order valence-electron chi connectivity index (χ0n) is 78.1. The average Bonchev–Trinajstić information content (AvgIpc) is 1.55. The van der Waals surface area contributed by atoms with E-state index in [4.69, 9.17) is 0 Å². The molecule has 0 amide bonds. The van der Waals surface area contributed by atoms with Gasteiger partial charge in [0.2, 0.25) is 0 Å². The minimum absolute atomic E-state index is 0.421. The highest BCUT2D eigenvalue weighted by molar-refractivity contribution is 5.92. The first-order chi connectivity index (χ1) is 62.2. The third kappa shape index (κ3) is 15.3. The minimum atomic E-state index is -0.459. The third-order valence-electron chi connectivity index (χ3n) is 28.0. The van der Waals surface area contributed by atoms with Crippen LogP contribution in [0.3, 0.4) is 0 Å². The predicted octanol–water partition coefficient (Wildman–Crippen LogP) is 33.7. The predicted molar refractivity (Wildman–Crippen MR) is 549 cm³/mol. The first kappa shape index (κ1) is 84.5. The molecular formula is C129H114. The van der Waals surface area contributed by atoms with E-state index >= 15 is 0 Å². The summed E-state index contributed by atoms with van der Waals surface area (Å²) in [5.74, 6) is 0. The zero-order chi connectivity index (χ0) is 89.6. The molecule has 0 bridgehead atoms. The van der Waals surface area contributed by atoms with Gasteiger partial charge in [-0.2, -0.15) is 0 Å². The lowest BCUT2D eigenvalue weighted by Gasteiger charge is -2.35. The van der Waals surface area contributed by atoms with Gasteiger partial charge in [0.15, 0.2) is 0 Å². The molecule has 0 N–H and O–H groups in total. The second-order valence-corrected chi connectivity index (χ2v) is 38.2. The summed E-state index contributed by atoms with van der Waals surface area (Å²) in [6.07, 6.45) is 0. The molecule has 129 heavy (non-hydrogen) atoms. The minimum Gasteiger partial charge on any atom is -0.0587 e. The Kier molecular flexibility index (Phi) is 22.0. The van der Waals surface area contributed by atoms with E-state index in [-0.39, 0.29) is 0 Å². The second-order valence-electron chi connectivity index (χ2n) is 38.2. The molecule has 0 saturated carbocycles. The molecule has 18 aromatic carbocycles. The van der Waals surface area contributed by atoms with Crippen LogP contribution in [0.1, 0.15) is 167 Å². The number of hydrogen-bond acceptors (Lipinski definition) is 0. The number of benzene rings is 18. The number of hydrogen-bond donors (Lipinski definition) is 0. The maximum Gasteiger partial charge on any atom is 0.0714 e. The van der Waals surface area contributed by atoms with Crippen LogP contribution >= 0.6 is 0 Å². The fourth-order valence-corrected chi connectivity index (χ4v) is 21.6. The van der Waals surface area contributed by atoms with Crippen molar-refractivity contribution in [2.45, 2.75) is 141 Å². The van der Waals surface area contributed by atoms with Gasteiger partial charge < -0.3 is 0 Å². The summed E-state index contributed by atoms with van der Waals surface area (Å²) in [5.41, 5.74) is 61.0. The Morgan fingerprint density at radius 3 is 0.473 bits per heavy atom. The van der Waals surface area contributed by atoms with Crippen LogP contribution in [0.2, 0.25) is 0 Å². The molecule has 0 aromatic heterocycles. The van der Waals surface area contributed by atoms with E-state index in [9.17, 15) is 0 Å². The summed E-state index contributed by atoms with van der Waals surface area (Å²) in [7, 11) is 0. The van der Waals surface area contributed by atoms with Gasteiger partial charge in [0.05, 0.1) is 16.2 Å². The Morgan fingerprint density at radius 1 is 0.109 bits per heavy atom. The molecule has 0 unspecified atom stereocenters. The molecule has 21 rings (SSSR count). The highest BCUT2D eigenvalue weighted by atomic mass is 14.5. The van der Waals surface area contributed by atoms with Crippen LogP contribution in [-0.2, 0) is 16.2 Å². The maximum atomic E-state index is 2.45. The van der Waals surface area contributed by atoms with Crippen molar-refractivity contribution in [1.29, 1.82) is 0 Å². The standard InChI is InChI=1S/3C43H38/c1-27-7-13-33(14-8-27)37-21-17-35(25-31(37)5)43(36-18-22-38(32(6)26-36)34-15-9-28(2)10-16-34)41-23-29(3)11-19-39(41)40-20-12-30(4)24-42(40)43;2*1-27-7-13-33(14-8-27)35-19-31(5)21-37(25-35)43(38-22-32(6)20-36(26-38)34-15-9-28(2)10-16-34)41-23-29(3)11-17-39(41)40-18-12-30(4)24-42(40)43/h3*7-26H,1-6H3. The normalized spacial score (nSPS) is 13.1. The largest absolute Gasteiger partial charge is 0.0714 e. The molecule has 0 spiro atoms. The van der Waals surface area contributed by atoms with Crippen molar-refractivity contribution in [3.05, 3.63) is 531 Å². The molecule has 0 radical (unpaired) electrons. The lowest BCUT2D eigenvalue weighted by Crippen LogP contribution is -2.29. The SMILES string of the molecule is Cc1ccc(-c2cc(C)cc(C3(c4cc(C)cc(-c5ccc(C)cc5)c4)c4cc(C)ccc4-c4ccc(C)cc43)c2)cc1.Cc1ccc(-c2cc(C)cc(C3(c4cc(C)cc(-c5ccc(C)cc5)c4)c4cc(C)ccc4-c4ccc(C)cc43)c2)cc1.Cc1ccc(-c2ccc(C3(c4ccc(-c5ccc(C)cc5)c(C)c4)c4cc(C)ccc4-c4ccc(C)cc43)cc2C)cc1. The Bertz CT molecular complexity index is 6680. The van der Waals surface area contributed by atoms with E-state index in [1.807, 2.05) is 0 Å². The monoisotopic (exact) mass is 1660 g/mol. The molecule has 0 heterocycles. The summed E-state index contributed by atoms with van der Waals surface area (Å²) in [4.78, 5) is 0. The molecule has 0 heteroatoms. The van der Waals surface area contributed by atoms with E-state index in [1.54, 1.807) is 0 Å². The summed E-state index contributed by atoms with van der Waals surface area (Å²) < 4.78 is 0. The van der Waals surface area contributed by atoms with Gasteiger partial charge in [-0.25, -0.2) is 0 Å². The van der Waals surface area contributed by atoms with Gasteiger partial charge in [0.1, 0.15) is 0 Å². The number of rotatable bonds is 12. The lowest BCUT2D eigenvalue weighted by atomic mass is 9.66. The average molecular weight is 1660 g/mol. The molecule has 18 aromatic rings. The summed E-state index contributed by atoms with van der Waals surface area (Å²) in [5, 5.41) is 0. The van der Waals surface area contributed by atoms with Crippen molar-refractivity contribution in [3.63, 3.8) is 0 Å². The van der Waals surface area contributed by atoms with Gasteiger partial charge in [-0.1, -0.05) is 429 Å². The third-order valence-corrected chi connectivity index (χ3v) is 28.0. The zero-order valence-corrected chi connectivity index (χ0v) is 78.1. The van der Waals surface area contributed by atoms with E-state index in [2.05, 4.69) is 489 Å². The first-order valence-corrected chi connectivity index (χ1v) is 46.0. The fraction of sp³-hybridized carbons (Fsp3) is 0.163. The number of fused-ring (bicyclic) bond motifs is 9. The molecule has 0 atom stereocenters. The first-order valence-electron chi connectivity index (χ1n) is 46.0. The molecule has 3 aliphatic carbocycles. The molecule has 3 aliphatic rings. The summed E-state index contributed by atoms with van der Waals surface area (Å²) in [6.45, 7) is 39.7. The van der Waals surface area contributed by atoms with Crippen molar-refractivity contribution in [2.24, 2.45) is 0 Å². The van der Waals surface area contributed by atoms with Crippen molar-refractivity contribution in [2.75, 3.05) is 0 Å². The fourth-order valence-electron chi connectivity index (χ4n) is 21.6. The Hall–Kier alpha value is -14.0. The smallest absolute Gasteiger partial charge is 0.0587 e. The highest BCUT2D eigenvalue weighted by Gasteiger charge is 2.50. The molecule has 630 valence electrons. The van der Waals surface area contributed by atoms with E-state index in [1.165, 1.54) is 267 Å². The number of aryl methyl sites for hydroxylation is 18. The van der Waals surface area contributed by atoms with Crippen LogP contribution in [-0.4, -0.2) is 0 Å². The van der Waals surface area contributed by atoms with Crippen LogP contribution in [0.4, 0.5) is 0 Å². The maximum absolute atomic E-state index is 2.45. The quantitative estimate of drug-likeness (QED) is 0.114. The van der Waals surface area contributed by atoms with E-state index in [0.717, 1.165) is 0 Å². The van der Waals surface area contributed by atoms with Gasteiger partial charge in [-0.3, -0.25) is 0 Å². The van der Waals surface area contributed by atoms with Crippen molar-refractivity contribution >= 4 is 0 Å². The van der Waals surface area contributed by atoms with E-state index in [0.29, 0.717) is 0 Å². The van der Waals surface area contributed by atoms with Crippen molar-refractivity contribution in [3.8, 4) is 100 Å². The summed E-state index contributed by atoms with van der Waals surface area (Å²) >= 11 is 0. The van der Waals surface area contributed by atoms with Crippen molar-refractivity contribution in [1.82, 2.24) is 0 Å². The van der Waals surface area contributed by atoms with Crippen molar-refractivity contribution < 1.29 is 0 Å². The van der Waals surface area contributed by atoms with Gasteiger partial charge in [0, 0.05) is 0 Å². The molecule has 0 fully saturated rings. The van der Waals surface area contributed by atoms with Crippen LogP contribution < -0.4 is 0 Å². The highest BCUT2D eigenvalue weighted by Crippen LogP contribution is 2.62. The Balaban J connectivity index is 0.000000126. The molecular weight excluding hydrogens is 1550 g/mol. The van der Waals surface area contributed by atoms with Crippen LogP contribution in [0.5, 0.6) is 0 Å². The van der Waals surface area contributed by atoms with Gasteiger partial charge >= 0.3 is 0 Å². The molecule has 0 nitrogen and oxygen atoms in total. The summed E-state index contributed by atoms with van der Waals surface area (Å²) in [6, 6.07) is 139. The Morgan fingerprint density at radius 2 is 0.279 bits per heavy atom. The van der Waals surface area contributed by atoms with Gasteiger partial charge in [-0.05, 0) is 327 Å². The van der Waals surface area contributed by atoms with Crippen LogP contribution in [0.15, 0.2) is 364 Å². The molecule has 0 saturated heterocycles. The topological polar surface area (TPSA) is 0 Å². The molecule has 0 aliphatic heterocycles.